The normalized spacial score (nSPS) is 19.2. The van der Waals surface area contributed by atoms with Gasteiger partial charge in [-0.1, -0.05) is 30.3 Å². The molecule has 1 aromatic rings. The lowest BCUT2D eigenvalue weighted by atomic mass is 9.95. The molecule has 1 fully saturated rings. The van der Waals surface area contributed by atoms with Gasteiger partial charge in [0.05, 0.1) is 0 Å². The predicted molar refractivity (Wildman–Crippen MR) is 76.5 cm³/mol. The van der Waals surface area contributed by atoms with Crippen LogP contribution >= 0.6 is 0 Å². The highest BCUT2D eigenvalue weighted by Crippen LogP contribution is 2.16. The van der Waals surface area contributed by atoms with Crippen molar-refractivity contribution in [1.29, 1.82) is 0 Å². The number of piperidine rings is 1. The first-order chi connectivity index (χ1) is 9.15. The second kappa shape index (κ2) is 6.68. The van der Waals surface area contributed by atoms with E-state index in [-0.39, 0.29) is 17.9 Å². The Kier molecular flexibility index (Phi) is 4.93. The van der Waals surface area contributed by atoms with Crippen LogP contribution in [0.4, 0.5) is 0 Å². The van der Waals surface area contributed by atoms with Crippen molar-refractivity contribution in [1.82, 2.24) is 4.90 Å². The minimum absolute atomic E-state index is 0.0570. The smallest absolute Gasteiger partial charge is 0.220 e. The van der Waals surface area contributed by atoms with E-state index in [9.17, 15) is 4.79 Å². The van der Waals surface area contributed by atoms with Crippen LogP contribution in [0.1, 0.15) is 18.4 Å². The summed E-state index contributed by atoms with van der Waals surface area (Å²) in [7, 11) is 0. The molecule has 2 rings (SSSR count). The average Bonchev–Trinajstić information content (AvgIpc) is 2.40. The van der Waals surface area contributed by atoms with E-state index in [1.807, 2.05) is 18.2 Å². The molecule has 104 valence electrons. The molecule has 0 spiro atoms. The van der Waals surface area contributed by atoms with Crippen LogP contribution in [0.2, 0.25) is 0 Å². The molecule has 1 aromatic carbocycles. The second-order valence-corrected chi connectivity index (χ2v) is 5.43. The summed E-state index contributed by atoms with van der Waals surface area (Å²) >= 11 is 0. The van der Waals surface area contributed by atoms with Crippen LogP contribution in [0.3, 0.4) is 0 Å². The quantitative estimate of drug-likeness (QED) is 0.821. The molecule has 4 N–H and O–H groups in total. The van der Waals surface area contributed by atoms with Crippen molar-refractivity contribution in [3.63, 3.8) is 0 Å². The van der Waals surface area contributed by atoms with Crippen LogP contribution in [-0.2, 0) is 11.2 Å². The number of amides is 1. The van der Waals surface area contributed by atoms with E-state index in [0.717, 1.165) is 38.9 Å². The molecule has 0 saturated carbocycles. The third-order valence-corrected chi connectivity index (χ3v) is 3.82. The van der Waals surface area contributed by atoms with Gasteiger partial charge in [-0.05, 0) is 37.9 Å². The van der Waals surface area contributed by atoms with E-state index in [2.05, 4.69) is 17.0 Å². The molecular weight excluding hydrogens is 238 g/mol. The first kappa shape index (κ1) is 14.0. The topological polar surface area (TPSA) is 72.4 Å². The van der Waals surface area contributed by atoms with Crippen LogP contribution in [0, 0.1) is 5.92 Å². The first-order valence-corrected chi connectivity index (χ1v) is 6.96. The number of primary amides is 1. The molecule has 1 unspecified atom stereocenters. The van der Waals surface area contributed by atoms with Gasteiger partial charge in [0, 0.05) is 18.5 Å². The van der Waals surface area contributed by atoms with Crippen LogP contribution in [0.15, 0.2) is 30.3 Å². The number of likely N-dealkylation sites (tertiary alicyclic amines) is 1. The van der Waals surface area contributed by atoms with Crippen LogP contribution in [0.25, 0.3) is 0 Å². The van der Waals surface area contributed by atoms with Crippen molar-refractivity contribution in [2.45, 2.75) is 25.3 Å². The zero-order chi connectivity index (χ0) is 13.7. The van der Waals surface area contributed by atoms with Gasteiger partial charge in [-0.2, -0.15) is 0 Å². The average molecular weight is 261 g/mol. The number of benzene rings is 1. The van der Waals surface area contributed by atoms with Gasteiger partial charge in [-0.3, -0.25) is 4.79 Å². The fourth-order valence-electron chi connectivity index (χ4n) is 2.71. The Morgan fingerprint density at radius 2 is 1.89 bits per heavy atom. The number of hydrogen-bond acceptors (Lipinski definition) is 3. The van der Waals surface area contributed by atoms with Gasteiger partial charge in [0.1, 0.15) is 0 Å². The van der Waals surface area contributed by atoms with Gasteiger partial charge in [-0.15, -0.1) is 0 Å². The predicted octanol–water partition coefficient (Wildman–Crippen LogP) is 0.754. The minimum Gasteiger partial charge on any atom is -0.369 e. The molecule has 19 heavy (non-hydrogen) atoms. The monoisotopic (exact) mass is 261 g/mol. The maximum absolute atomic E-state index is 11.1. The second-order valence-electron chi connectivity index (χ2n) is 5.43. The molecule has 1 aliphatic heterocycles. The minimum atomic E-state index is -0.159. The zero-order valence-corrected chi connectivity index (χ0v) is 11.3. The Hall–Kier alpha value is -1.39. The highest BCUT2D eigenvalue weighted by molar-refractivity contribution is 5.76. The lowest BCUT2D eigenvalue weighted by molar-refractivity contribution is -0.123. The van der Waals surface area contributed by atoms with E-state index in [0.29, 0.717) is 0 Å². The van der Waals surface area contributed by atoms with Gasteiger partial charge < -0.3 is 16.4 Å². The Morgan fingerprint density at radius 3 is 2.47 bits per heavy atom. The van der Waals surface area contributed by atoms with E-state index >= 15 is 0 Å². The van der Waals surface area contributed by atoms with E-state index < -0.39 is 0 Å². The summed E-state index contributed by atoms with van der Waals surface area (Å²) < 4.78 is 0. The molecule has 4 heteroatoms. The molecular formula is C15H23N3O. The summed E-state index contributed by atoms with van der Waals surface area (Å²) in [6.07, 6.45) is 2.64. The van der Waals surface area contributed by atoms with E-state index in [1.54, 1.807) is 0 Å². The highest BCUT2D eigenvalue weighted by Gasteiger charge is 2.23. The Balaban J connectivity index is 1.75. The summed E-state index contributed by atoms with van der Waals surface area (Å²) in [6.45, 7) is 2.74. The van der Waals surface area contributed by atoms with Crippen molar-refractivity contribution in [3.05, 3.63) is 35.9 Å². The van der Waals surface area contributed by atoms with E-state index in [4.69, 9.17) is 11.5 Å². The number of carbonyl (C=O) groups is 1. The zero-order valence-electron chi connectivity index (χ0n) is 11.3. The molecule has 0 bridgehead atoms. The fourth-order valence-corrected chi connectivity index (χ4v) is 2.71. The third-order valence-electron chi connectivity index (χ3n) is 3.82. The first-order valence-electron chi connectivity index (χ1n) is 6.96. The molecule has 0 aromatic heterocycles. The largest absolute Gasteiger partial charge is 0.369 e. The van der Waals surface area contributed by atoms with Gasteiger partial charge in [0.15, 0.2) is 0 Å². The molecule has 0 aliphatic carbocycles. The molecule has 1 atom stereocenters. The number of nitrogens with zero attached hydrogens (tertiary/aromatic N) is 1. The van der Waals surface area contributed by atoms with Crippen molar-refractivity contribution in [3.8, 4) is 0 Å². The summed E-state index contributed by atoms with van der Waals surface area (Å²) in [5.41, 5.74) is 12.8. The molecule has 0 radical (unpaired) electrons. The molecule has 1 saturated heterocycles. The van der Waals surface area contributed by atoms with Crippen molar-refractivity contribution in [2.24, 2.45) is 17.4 Å². The molecule has 1 aliphatic rings. The standard InChI is InChI=1S/C15H23N3O/c16-14(10-12-4-2-1-3-5-12)11-18-8-6-13(7-9-18)15(17)19/h1-5,13-14H,6-11,16H2,(H2,17,19). The number of hydrogen-bond donors (Lipinski definition) is 2. The van der Waals surface area contributed by atoms with E-state index in [1.165, 1.54) is 5.56 Å². The number of carbonyl (C=O) groups excluding carboxylic acids is 1. The Labute approximate surface area is 114 Å². The van der Waals surface area contributed by atoms with Crippen molar-refractivity contribution in [2.75, 3.05) is 19.6 Å². The molecule has 1 heterocycles. The summed E-state index contributed by atoms with van der Waals surface area (Å²) in [4.78, 5) is 13.4. The fraction of sp³-hybridized carbons (Fsp3) is 0.533. The third kappa shape index (κ3) is 4.33. The maximum Gasteiger partial charge on any atom is 0.220 e. The summed E-state index contributed by atoms with van der Waals surface area (Å²) in [5, 5.41) is 0. The van der Waals surface area contributed by atoms with Gasteiger partial charge in [0.2, 0.25) is 5.91 Å². The van der Waals surface area contributed by atoms with Gasteiger partial charge in [0.25, 0.3) is 0 Å². The number of rotatable bonds is 5. The van der Waals surface area contributed by atoms with Crippen LogP contribution in [0.5, 0.6) is 0 Å². The van der Waals surface area contributed by atoms with Crippen molar-refractivity contribution >= 4 is 5.91 Å². The lowest BCUT2D eigenvalue weighted by Crippen LogP contribution is -2.44. The number of nitrogens with two attached hydrogens (primary N) is 2. The maximum atomic E-state index is 11.1. The molecule has 1 amide bonds. The van der Waals surface area contributed by atoms with Crippen LogP contribution in [-0.4, -0.2) is 36.5 Å². The Bertz CT molecular complexity index is 399. The summed E-state index contributed by atoms with van der Waals surface area (Å²) in [5.74, 6) is -0.102. The Morgan fingerprint density at radius 1 is 1.26 bits per heavy atom. The highest BCUT2D eigenvalue weighted by atomic mass is 16.1. The van der Waals surface area contributed by atoms with Crippen molar-refractivity contribution < 1.29 is 4.79 Å². The SMILES string of the molecule is NC(=O)C1CCN(CC(N)Cc2ccccc2)CC1. The van der Waals surface area contributed by atoms with Gasteiger partial charge in [-0.25, -0.2) is 0 Å². The van der Waals surface area contributed by atoms with Crippen LogP contribution < -0.4 is 11.5 Å². The molecule has 4 nitrogen and oxygen atoms in total. The summed E-state index contributed by atoms with van der Waals surface area (Å²) in [6, 6.07) is 10.5. The van der Waals surface area contributed by atoms with Gasteiger partial charge >= 0.3 is 0 Å². The lowest BCUT2D eigenvalue weighted by Gasteiger charge is -2.32.